The number of rotatable bonds is 2. The van der Waals surface area contributed by atoms with Crippen LogP contribution < -0.4 is 0 Å². The quantitative estimate of drug-likeness (QED) is 0.288. The maximum Gasteiger partial charge on any atom is 0.0346 e. The molecule has 0 nitrogen and oxygen atoms in total. The SMILES string of the molecule is C#CC12CC3(C#C)CC(C#C)(C1)CC(C14CC5(C)CC(C)(C1)CC(C16CC7(C#C)CC(C#C)(CC(C#C)(C7)C1)C6)(C5)C4)(C2)C3. The summed E-state index contributed by atoms with van der Waals surface area (Å²) in [5.41, 5.74) is 0.00963. The zero-order valence-electron chi connectivity index (χ0n) is 27.2. The van der Waals surface area contributed by atoms with Gasteiger partial charge in [-0.25, -0.2) is 0 Å². The molecule has 12 saturated carbocycles. The predicted octanol–water partition coefficient (Wildman–Crippen LogP) is 8.81. The molecule has 0 aromatic heterocycles. The Balaban J connectivity index is 1.26. The van der Waals surface area contributed by atoms with Gasteiger partial charge in [-0.3, -0.25) is 0 Å². The van der Waals surface area contributed by atoms with E-state index in [1.165, 1.54) is 38.5 Å². The number of hydrogen-bond acceptors (Lipinski definition) is 0. The van der Waals surface area contributed by atoms with Crippen molar-refractivity contribution in [1.82, 2.24) is 0 Å². The Labute approximate surface area is 267 Å². The largest absolute Gasteiger partial charge is 0.120 e. The van der Waals surface area contributed by atoms with Crippen LogP contribution in [0.4, 0.5) is 0 Å². The first kappa shape index (κ1) is 27.7. The van der Waals surface area contributed by atoms with E-state index in [2.05, 4.69) is 49.4 Å². The maximum atomic E-state index is 6.53. The average Bonchev–Trinajstić information content (AvgIpc) is 2.94. The van der Waals surface area contributed by atoms with Crippen LogP contribution in [-0.2, 0) is 0 Å². The molecule has 12 rings (SSSR count). The van der Waals surface area contributed by atoms with Gasteiger partial charge in [-0.15, -0.1) is 38.5 Å². The van der Waals surface area contributed by atoms with Crippen molar-refractivity contribution in [3.8, 4) is 74.1 Å². The second kappa shape index (κ2) is 7.17. The molecule has 0 N–H and O–H groups in total. The molecule has 0 saturated heterocycles. The van der Waals surface area contributed by atoms with Gasteiger partial charge in [-0.1, -0.05) is 49.4 Å². The Bertz CT molecular complexity index is 1380. The maximum absolute atomic E-state index is 6.53. The van der Waals surface area contributed by atoms with Crippen LogP contribution in [-0.4, -0.2) is 0 Å². The van der Waals surface area contributed by atoms with E-state index >= 15 is 0 Å². The highest BCUT2D eigenvalue weighted by atomic mass is 14.8. The minimum Gasteiger partial charge on any atom is -0.120 e. The van der Waals surface area contributed by atoms with E-state index in [9.17, 15) is 0 Å². The highest BCUT2D eigenvalue weighted by molar-refractivity contribution is 5.40. The average molecular weight is 577 g/mol. The van der Waals surface area contributed by atoms with Crippen molar-refractivity contribution in [3.05, 3.63) is 0 Å². The molecular weight excluding hydrogens is 528 g/mol. The lowest BCUT2D eigenvalue weighted by atomic mass is 9.21. The van der Waals surface area contributed by atoms with E-state index in [4.69, 9.17) is 38.5 Å². The van der Waals surface area contributed by atoms with E-state index in [1.807, 2.05) is 0 Å². The molecule has 0 aromatic carbocycles. The Hall–Kier alpha value is -2.64. The molecule has 0 spiro atoms. The molecule has 12 bridgehead atoms. The minimum absolute atomic E-state index is 0.0849. The molecule has 12 aliphatic carbocycles. The van der Waals surface area contributed by atoms with Crippen molar-refractivity contribution in [1.29, 1.82) is 0 Å². The molecule has 0 atom stereocenters. The van der Waals surface area contributed by atoms with E-state index in [1.54, 1.807) is 0 Å². The summed E-state index contributed by atoms with van der Waals surface area (Å²) in [6.07, 6.45) is 59.3. The van der Waals surface area contributed by atoms with Crippen LogP contribution in [0, 0.1) is 139 Å². The summed E-state index contributed by atoms with van der Waals surface area (Å²) in [4.78, 5) is 0. The van der Waals surface area contributed by atoms with Crippen LogP contribution >= 0.6 is 0 Å². The van der Waals surface area contributed by atoms with E-state index in [0.717, 1.165) is 77.0 Å². The molecule has 0 unspecified atom stereocenters. The fourth-order valence-corrected chi connectivity index (χ4v) is 18.1. The van der Waals surface area contributed by atoms with Gasteiger partial charge in [0, 0.05) is 32.5 Å². The van der Waals surface area contributed by atoms with Crippen LogP contribution in [0.1, 0.15) is 129 Å². The smallest absolute Gasteiger partial charge is 0.0346 e. The molecule has 44 heavy (non-hydrogen) atoms. The molecule has 12 aliphatic rings. The molecule has 0 aliphatic heterocycles. The van der Waals surface area contributed by atoms with Crippen molar-refractivity contribution in [3.63, 3.8) is 0 Å². The van der Waals surface area contributed by atoms with Gasteiger partial charge in [0.2, 0.25) is 0 Å². The molecule has 12 fully saturated rings. The van der Waals surface area contributed by atoms with Crippen molar-refractivity contribution in [2.75, 3.05) is 0 Å². The van der Waals surface area contributed by atoms with Crippen LogP contribution in [0.2, 0.25) is 0 Å². The van der Waals surface area contributed by atoms with E-state index in [0.29, 0.717) is 0 Å². The second-order valence-electron chi connectivity index (χ2n) is 20.5. The summed E-state index contributed by atoms with van der Waals surface area (Å²) in [6, 6.07) is 0. The fourth-order valence-electron chi connectivity index (χ4n) is 18.1. The Kier molecular flexibility index (Phi) is 4.51. The molecule has 224 valence electrons. The molecule has 0 radical (unpaired) electrons. The monoisotopic (exact) mass is 576 g/mol. The van der Waals surface area contributed by atoms with Gasteiger partial charge >= 0.3 is 0 Å². The first-order valence-electron chi connectivity index (χ1n) is 17.5. The van der Waals surface area contributed by atoms with Gasteiger partial charge in [0.25, 0.3) is 0 Å². The standard InChI is InChI=1S/C44H48/c1-9-35-20-36(10-2)22-37(11-3,21-35)28-43(26-35,27-36)41-16-33(7)15-34(8,17-41)19-42(18-33,32-41)44-29-38(12-4)23-39(13-5,30-44)25-40(14-6,24-38)31-44/h1-6H,15-32H2,7-8H3. The topological polar surface area (TPSA) is 0 Å². The minimum atomic E-state index is -0.179. The highest BCUT2D eigenvalue weighted by Gasteiger charge is 2.81. The van der Waals surface area contributed by atoms with Crippen LogP contribution in [0.25, 0.3) is 0 Å². The summed E-state index contributed by atoms with van der Waals surface area (Å²) in [7, 11) is 0. The molecule has 0 heteroatoms. The van der Waals surface area contributed by atoms with Crippen molar-refractivity contribution in [2.45, 2.75) is 129 Å². The third-order valence-electron chi connectivity index (χ3n) is 16.8. The first-order chi connectivity index (χ1) is 20.6. The zero-order chi connectivity index (χ0) is 31.0. The lowest BCUT2D eigenvalue weighted by Crippen LogP contribution is -2.74. The third kappa shape index (κ3) is 2.90. The highest BCUT2D eigenvalue weighted by Crippen LogP contribution is 2.89. The summed E-state index contributed by atoms with van der Waals surface area (Å²) in [5, 5.41) is 0. The van der Waals surface area contributed by atoms with Crippen molar-refractivity contribution >= 4 is 0 Å². The number of terminal acetylenes is 6. The predicted molar refractivity (Wildman–Crippen MR) is 177 cm³/mol. The van der Waals surface area contributed by atoms with Crippen molar-refractivity contribution in [2.24, 2.45) is 65.0 Å². The molecular formula is C44H48. The Morgan fingerprint density at radius 2 is 0.477 bits per heavy atom. The molecule has 0 aromatic rings. The summed E-state index contributed by atoms with van der Waals surface area (Å²) in [6.45, 7) is 5.28. The second-order valence-corrected chi connectivity index (χ2v) is 20.5. The Morgan fingerprint density at radius 1 is 0.273 bits per heavy atom. The van der Waals surface area contributed by atoms with Gasteiger partial charge in [0.05, 0.1) is 0 Å². The lowest BCUT2D eigenvalue weighted by molar-refractivity contribution is -0.323. The summed E-state index contributed by atoms with van der Waals surface area (Å²) < 4.78 is 0. The Morgan fingerprint density at radius 3 is 0.682 bits per heavy atom. The van der Waals surface area contributed by atoms with Gasteiger partial charge in [-0.2, -0.15) is 0 Å². The molecule has 0 heterocycles. The summed E-state index contributed by atoms with van der Waals surface area (Å²) >= 11 is 0. The zero-order valence-corrected chi connectivity index (χ0v) is 27.2. The normalized spacial score (nSPS) is 63.0. The van der Waals surface area contributed by atoms with Gasteiger partial charge in [0.1, 0.15) is 0 Å². The lowest BCUT2D eigenvalue weighted by Gasteiger charge is -2.82. The van der Waals surface area contributed by atoms with Crippen LogP contribution in [0.3, 0.4) is 0 Å². The third-order valence-corrected chi connectivity index (χ3v) is 16.8. The van der Waals surface area contributed by atoms with Crippen LogP contribution in [0.15, 0.2) is 0 Å². The van der Waals surface area contributed by atoms with Gasteiger partial charge in [-0.05, 0) is 148 Å². The van der Waals surface area contributed by atoms with Crippen molar-refractivity contribution < 1.29 is 0 Å². The van der Waals surface area contributed by atoms with Gasteiger partial charge < -0.3 is 0 Å². The fraction of sp³-hybridized carbons (Fsp3) is 0.727. The van der Waals surface area contributed by atoms with Crippen LogP contribution in [0.5, 0.6) is 0 Å². The van der Waals surface area contributed by atoms with Gasteiger partial charge in [0.15, 0.2) is 0 Å². The number of hydrogen-bond donors (Lipinski definition) is 0. The first-order valence-corrected chi connectivity index (χ1v) is 17.5. The van der Waals surface area contributed by atoms with E-state index in [-0.39, 0.29) is 65.0 Å². The van der Waals surface area contributed by atoms with E-state index < -0.39 is 0 Å². The summed E-state index contributed by atoms with van der Waals surface area (Å²) in [5.74, 6) is 20.4. The molecule has 0 amide bonds.